The first kappa shape index (κ1) is 11.7. The van der Waals surface area contributed by atoms with Crippen LogP contribution in [-0.2, 0) is 7.05 Å². The minimum absolute atomic E-state index is 0.172. The van der Waals surface area contributed by atoms with Crippen molar-refractivity contribution in [3.8, 4) is 17.0 Å². The molecule has 1 aromatic heterocycles. The average Bonchev–Trinajstić information content (AvgIpc) is 3.12. The maximum absolute atomic E-state index is 14.1. The summed E-state index contributed by atoms with van der Waals surface area (Å²) in [5.41, 5.74) is 1.05. The lowest BCUT2D eigenvalue weighted by molar-refractivity contribution is 0.305. The molecular weight excluding hydrogens is 245 g/mol. The van der Waals surface area contributed by atoms with Crippen molar-refractivity contribution in [2.24, 2.45) is 7.05 Å². The quantitative estimate of drug-likeness (QED) is 0.790. The third-order valence-corrected chi connectivity index (χ3v) is 3.10. The number of hydrogen-bond acceptors (Lipinski definition) is 2. The molecule has 0 saturated heterocycles. The van der Waals surface area contributed by atoms with E-state index in [9.17, 15) is 4.39 Å². The SMILES string of the molecule is [C-]#[N+]c1c(OC2CC2)ccc(F)c1-c1ccnn1C. The molecule has 2 aromatic rings. The number of aromatic nitrogens is 2. The normalized spacial score (nSPS) is 14.2. The fraction of sp³-hybridized carbons (Fsp3) is 0.286. The van der Waals surface area contributed by atoms with E-state index in [1.165, 1.54) is 12.1 Å². The van der Waals surface area contributed by atoms with Crippen molar-refractivity contribution < 1.29 is 9.13 Å². The van der Waals surface area contributed by atoms with Crippen LogP contribution in [0.3, 0.4) is 0 Å². The van der Waals surface area contributed by atoms with Crippen molar-refractivity contribution in [1.29, 1.82) is 0 Å². The zero-order chi connectivity index (χ0) is 13.4. The summed E-state index contributed by atoms with van der Waals surface area (Å²) in [5, 5.41) is 4.02. The van der Waals surface area contributed by atoms with Gasteiger partial charge in [0.05, 0.1) is 18.4 Å². The first-order chi connectivity index (χ1) is 9.20. The fourth-order valence-corrected chi connectivity index (χ4v) is 1.98. The Balaban J connectivity index is 2.16. The maximum Gasteiger partial charge on any atom is 0.240 e. The molecule has 4 nitrogen and oxygen atoms in total. The van der Waals surface area contributed by atoms with Crippen LogP contribution in [0.4, 0.5) is 10.1 Å². The number of rotatable bonds is 3. The van der Waals surface area contributed by atoms with Gasteiger partial charge in [0.1, 0.15) is 11.6 Å². The molecule has 19 heavy (non-hydrogen) atoms. The molecule has 0 atom stereocenters. The fourth-order valence-electron chi connectivity index (χ4n) is 1.98. The zero-order valence-corrected chi connectivity index (χ0v) is 10.4. The van der Waals surface area contributed by atoms with E-state index in [4.69, 9.17) is 11.3 Å². The lowest BCUT2D eigenvalue weighted by atomic mass is 10.1. The van der Waals surface area contributed by atoms with E-state index in [2.05, 4.69) is 9.94 Å². The van der Waals surface area contributed by atoms with E-state index in [-0.39, 0.29) is 17.4 Å². The van der Waals surface area contributed by atoms with Crippen molar-refractivity contribution in [2.75, 3.05) is 0 Å². The molecule has 1 saturated carbocycles. The van der Waals surface area contributed by atoms with Crippen LogP contribution in [0.2, 0.25) is 0 Å². The molecule has 0 radical (unpaired) electrons. The Morgan fingerprint density at radius 3 is 2.79 bits per heavy atom. The van der Waals surface area contributed by atoms with Crippen LogP contribution in [-0.4, -0.2) is 15.9 Å². The van der Waals surface area contributed by atoms with Gasteiger partial charge in [-0.25, -0.2) is 9.24 Å². The van der Waals surface area contributed by atoms with Crippen LogP contribution in [0, 0.1) is 12.4 Å². The summed E-state index contributed by atoms with van der Waals surface area (Å²) < 4.78 is 21.3. The van der Waals surface area contributed by atoms with E-state index >= 15 is 0 Å². The Bertz CT molecular complexity index is 668. The predicted octanol–water partition coefficient (Wildman–Crippen LogP) is 3.32. The second kappa shape index (κ2) is 4.39. The number of aryl methyl sites for hydroxylation is 1. The van der Waals surface area contributed by atoms with Gasteiger partial charge in [-0.05, 0) is 31.0 Å². The van der Waals surface area contributed by atoms with E-state index in [0.29, 0.717) is 11.4 Å². The van der Waals surface area contributed by atoms with Crippen molar-refractivity contribution in [3.63, 3.8) is 0 Å². The van der Waals surface area contributed by atoms with Gasteiger partial charge in [0.15, 0.2) is 0 Å². The van der Waals surface area contributed by atoms with Gasteiger partial charge in [-0.3, -0.25) is 4.68 Å². The smallest absolute Gasteiger partial charge is 0.240 e. The minimum atomic E-state index is -0.433. The summed E-state index contributed by atoms with van der Waals surface area (Å²) in [6, 6.07) is 4.56. The lowest BCUT2D eigenvalue weighted by Gasteiger charge is -2.12. The number of hydrogen-bond donors (Lipinski definition) is 0. The van der Waals surface area contributed by atoms with E-state index in [1.54, 1.807) is 24.0 Å². The molecule has 0 aliphatic heterocycles. The van der Waals surface area contributed by atoms with Gasteiger partial charge < -0.3 is 4.74 Å². The molecule has 0 bridgehead atoms. The third-order valence-electron chi connectivity index (χ3n) is 3.10. The van der Waals surface area contributed by atoms with Gasteiger partial charge in [0, 0.05) is 18.8 Å². The highest BCUT2D eigenvalue weighted by atomic mass is 19.1. The van der Waals surface area contributed by atoms with Crippen LogP contribution in [0.5, 0.6) is 5.75 Å². The second-order valence-electron chi connectivity index (χ2n) is 4.54. The van der Waals surface area contributed by atoms with Crippen molar-refractivity contribution in [2.45, 2.75) is 18.9 Å². The highest BCUT2D eigenvalue weighted by Crippen LogP contribution is 2.42. The van der Waals surface area contributed by atoms with E-state index in [0.717, 1.165) is 12.8 Å². The highest BCUT2D eigenvalue weighted by molar-refractivity contribution is 5.81. The zero-order valence-electron chi connectivity index (χ0n) is 10.4. The topological polar surface area (TPSA) is 31.4 Å². The minimum Gasteiger partial charge on any atom is -0.501 e. The molecular formula is C14H12FN3O. The molecule has 1 aliphatic carbocycles. The molecule has 3 rings (SSSR count). The van der Waals surface area contributed by atoms with Gasteiger partial charge in [-0.15, -0.1) is 0 Å². The molecule has 0 N–H and O–H groups in total. The average molecular weight is 257 g/mol. The van der Waals surface area contributed by atoms with Gasteiger partial charge in [-0.1, -0.05) is 0 Å². The van der Waals surface area contributed by atoms with Crippen molar-refractivity contribution in [3.05, 3.63) is 41.6 Å². The number of ether oxygens (including phenoxy) is 1. The monoisotopic (exact) mass is 257 g/mol. The van der Waals surface area contributed by atoms with Gasteiger partial charge in [0.25, 0.3) is 0 Å². The maximum atomic E-state index is 14.1. The molecule has 0 unspecified atom stereocenters. The Morgan fingerprint density at radius 2 is 2.21 bits per heavy atom. The number of nitrogens with zero attached hydrogens (tertiary/aromatic N) is 3. The summed E-state index contributed by atoms with van der Waals surface area (Å²) in [6.07, 6.45) is 3.74. The molecule has 1 heterocycles. The number of benzene rings is 1. The Kier molecular flexibility index (Phi) is 2.71. The molecule has 0 spiro atoms. The largest absolute Gasteiger partial charge is 0.501 e. The predicted molar refractivity (Wildman–Crippen MR) is 68.5 cm³/mol. The standard InChI is InChI=1S/C14H12FN3O/c1-16-14-12(19-9-3-4-9)6-5-10(15)13(14)11-7-8-17-18(11)2/h5-9H,3-4H2,2H3. The summed E-state index contributed by atoms with van der Waals surface area (Å²) >= 11 is 0. The van der Waals surface area contributed by atoms with Crippen LogP contribution in [0.1, 0.15) is 12.8 Å². The molecule has 1 aromatic carbocycles. The van der Waals surface area contributed by atoms with E-state index < -0.39 is 5.82 Å². The summed E-state index contributed by atoms with van der Waals surface area (Å²) in [5.74, 6) is 0.0212. The molecule has 0 amide bonds. The summed E-state index contributed by atoms with van der Waals surface area (Å²) in [6.45, 7) is 7.31. The van der Waals surface area contributed by atoms with Crippen LogP contribution < -0.4 is 4.74 Å². The molecule has 96 valence electrons. The molecule has 5 heteroatoms. The molecule has 1 fully saturated rings. The highest BCUT2D eigenvalue weighted by Gasteiger charge is 2.26. The van der Waals surface area contributed by atoms with Crippen LogP contribution in [0.15, 0.2) is 24.4 Å². The Hall–Kier alpha value is -2.35. The first-order valence-electron chi connectivity index (χ1n) is 6.05. The van der Waals surface area contributed by atoms with Gasteiger partial charge >= 0.3 is 0 Å². The van der Waals surface area contributed by atoms with Crippen LogP contribution in [0.25, 0.3) is 16.1 Å². The van der Waals surface area contributed by atoms with Gasteiger partial charge in [0.2, 0.25) is 5.69 Å². The molecule has 1 aliphatic rings. The Morgan fingerprint density at radius 1 is 1.42 bits per heavy atom. The second-order valence-corrected chi connectivity index (χ2v) is 4.54. The third kappa shape index (κ3) is 2.06. The Labute approximate surface area is 110 Å². The van der Waals surface area contributed by atoms with Gasteiger partial charge in [-0.2, -0.15) is 5.10 Å². The number of halogens is 1. The summed E-state index contributed by atoms with van der Waals surface area (Å²) in [4.78, 5) is 3.45. The van der Waals surface area contributed by atoms with Crippen molar-refractivity contribution in [1.82, 2.24) is 9.78 Å². The first-order valence-corrected chi connectivity index (χ1v) is 6.05. The van der Waals surface area contributed by atoms with Crippen molar-refractivity contribution >= 4 is 5.69 Å². The lowest BCUT2D eigenvalue weighted by Crippen LogP contribution is -2.00. The van der Waals surface area contributed by atoms with E-state index in [1.807, 2.05) is 0 Å². The summed E-state index contributed by atoms with van der Waals surface area (Å²) in [7, 11) is 1.72. The van der Waals surface area contributed by atoms with Crippen LogP contribution >= 0.6 is 0 Å².